The molecule has 2 N–H and O–H groups in total. The number of aryl methyl sites for hydroxylation is 1. The van der Waals surface area contributed by atoms with E-state index in [2.05, 4.69) is 58.2 Å². The number of pyridine rings is 1. The molecule has 0 aliphatic carbocycles. The van der Waals surface area contributed by atoms with E-state index in [4.69, 9.17) is 5.73 Å². The van der Waals surface area contributed by atoms with Gasteiger partial charge in [-0.1, -0.05) is 51.8 Å². The minimum absolute atomic E-state index is 0.0370. The van der Waals surface area contributed by atoms with Gasteiger partial charge in [0.1, 0.15) is 0 Å². The van der Waals surface area contributed by atoms with Crippen molar-refractivity contribution in [1.29, 1.82) is 0 Å². The first-order chi connectivity index (χ1) is 10.1. The van der Waals surface area contributed by atoms with Gasteiger partial charge < -0.3 is 5.73 Å². The van der Waals surface area contributed by atoms with Crippen LogP contribution in [0.5, 0.6) is 0 Å². The summed E-state index contributed by atoms with van der Waals surface area (Å²) in [5, 5.41) is 1.18. The third-order valence-corrected chi connectivity index (χ3v) is 4.45. The monoisotopic (exact) mass is 340 g/mol. The maximum absolute atomic E-state index is 6.44. The van der Waals surface area contributed by atoms with E-state index in [0.29, 0.717) is 0 Å². The lowest BCUT2D eigenvalue weighted by Gasteiger charge is -2.16. The molecule has 0 saturated heterocycles. The predicted octanol–water partition coefficient (Wildman–Crippen LogP) is 4.55. The lowest BCUT2D eigenvalue weighted by molar-refractivity contribution is 0.720. The molecule has 2 nitrogen and oxygen atoms in total. The number of aromatic nitrogens is 1. The zero-order valence-corrected chi connectivity index (χ0v) is 13.5. The topological polar surface area (TPSA) is 38.9 Å². The lowest BCUT2D eigenvalue weighted by Crippen LogP contribution is -2.14. The van der Waals surface area contributed by atoms with Crippen molar-refractivity contribution in [2.24, 2.45) is 5.73 Å². The minimum Gasteiger partial charge on any atom is -0.324 e. The Morgan fingerprint density at radius 3 is 2.81 bits per heavy atom. The van der Waals surface area contributed by atoms with E-state index in [1.807, 2.05) is 24.4 Å². The summed E-state index contributed by atoms with van der Waals surface area (Å²) in [5.74, 6) is 0. The second kappa shape index (κ2) is 5.96. The number of fused-ring (bicyclic) bond motifs is 1. The summed E-state index contributed by atoms with van der Waals surface area (Å²) in [7, 11) is 0. The highest BCUT2D eigenvalue weighted by Gasteiger charge is 2.12. The fourth-order valence-electron chi connectivity index (χ4n) is 2.63. The second-order valence-corrected chi connectivity index (χ2v) is 6.18. The molecule has 0 bridgehead atoms. The Balaban J connectivity index is 1.96. The second-order valence-electron chi connectivity index (χ2n) is 5.32. The lowest BCUT2D eigenvalue weighted by atomic mass is 9.96. The summed E-state index contributed by atoms with van der Waals surface area (Å²) in [5.41, 5.74) is 11.1. The number of nitrogens with two attached hydrogens (primary N) is 1. The molecule has 0 amide bonds. The molecule has 0 spiro atoms. The highest BCUT2D eigenvalue weighted by atomic mass is 79.9. The van der Waals surface area contributed by atoms with Gasteiger partial charge in [0.15, 0.2) is 0 Å². The van der Waals surface area contributed by atoms with E-state index in [9.17, 15) is 0 Å². The van der Waals surface area contributed by atoms with Gasteiger partial charge in [-0.3, -0.25) is 4.98 Å². The quantitative estimate of drug-likeness (QED) is 0.759. The third-order valence-electron chi connectivity index (χ3n) is 3.73. The van der Waals surface area contributed by atoms with E-state index in [1.165, 1.54) is 16.5 Å². The van der Waals surface area contributed by atoms with Crippen LogP contribution in [-0.2, 0) is 6.42 Å². The zero-order valence-electron chi connectivity index (χ0n) is 11.9. The molecule has 3 heteroatoms. The Hall–Kier alpha value is -1.71. The number of hydrogen-bond donors (Lipinski definition) is 1. The fourth-order valence-corrected chi connectivity index (χ4v) is 3.17. The van der Waals surface area contributed by atoms with Crippen molar-refractivity contribution in [3.63, 3.8) is 0 Å². The van der Waals surface area contributed by atoms with E-state index in [1.54, 1.807) is 0 Å². The fraction of sp³-hybridized carbons (Fsp3) is 0.167. The first-order valence-electron chi connectivity index (χ1n) is 6.99. The standard InChI is InChI=1S/C18H17BrN2/c1-12-6-7-16(19)15(10-12)17(20)11-13-8-9-21-18-5-3-2-4-14(13)18/h2-10,17H,11,20H2,1H3. The van der Waals surface area contributed by atoms with Crippen molar-refractivity contribution in [3.05, 3.63) is 75.9 Å². The van der Waals surface area contributed by atoms with Crippen LogP contribution in [0.4, 0.5) is 0 Å². The average molecular weight is 341 g/mol. The highest BCUT2D eigenvalue weighted by Crippen LogP contribution is 2.27. The van der Waals surface area contributed by atoms with Crippen LogP contribution in [0.1, 0.15) is 22.7 Å². The molecule has 106 valence electrons. The van der Waals surface area contributed by atoms with Gasteiger partial charge in [-0.25, -0.2) is 0 Å². The summed E-state index contributed by atoms with van der Waals surface area (Å²) in [4.78, 5) is 4.40. The summed E-state index contributed by atoms with van der Waals surface area (Å²) >= 11 is 3.60. The van der Waals surface area contributed by atoms with Crippen molar-refractivity contribution in [3.8, 4) is 0 Å². The van der Waals surface area contributed by atoms with Gasteiger partial charge in [-0.2, -0.15) is 0 Å². The number of rotatable bonds is 3. The maximum atomic E-state index is 6.44. The largest absolute Gasteiger partial charge is 0.324 e. The summed E-state index contributed by atoms with van der Waals surface area (Å²) < 4.78 is 1.07. The highest BCUT2D eigenvalue weighted by molar-refractivity contribution is 9.10. The Labute approximate surface area is 133 Å². The summed E-state index contributed by atoms with van der Waals surface area (Å²) in [6.07, 6.45) is 2.65. The SMILES string of the molecule is Cc1ccc(Br)c(C(N)Cc2ccnc3ccccc23)c1. The van der Waals surface area contributed by atoms with Gasteiger partial charge in [0.25, 0.3) is 0 Å². The normalized spacial score (nSPS) is 12.5. The molecule has 3 rings (SSSR count). The number of halogens is 1. The van der Waals surface area contributed by atoms with E-state index in [0.717, 1.165) is 22.0 Å². The molecule has 0 fully saturated rings. The average Bonchev–Trinajstić information content (AvgIpc) is 2.50. The van der Waals surface area contributed by atoms with Crippen LogP contribution in [0.3, 0.4) is 0 Å². The smallest absolute Gasteiger partial charge is 0.0704 e. The van der Waals surface area contributed by atoms with Gasteiger partial charge in [-0.05, 0) is 42.7 Å². The van der Waals surface area contributed by atoms with E-state index >= 15 is 0 Å². The van der Waals surface area contributed by atoms with E-state index < -0.39 is 0 Å². The van der Waals surface area contributed by atoms with Crippen LogP contribution >= 0.6 is 15.9 Å². The minimum atomic E-state index is -0.0370. The maximum Gasteiger partial charge on any atom is 0.0704 e. The first-order valence-corrected chi connectivity index (χ1v) is 7.78. The molecule has 3 aromatic rings. The summed E-state index contributed by atoms with van der Waals surface area (Å²) in [6, 6.07) is 16.5. The van der Waals surface area contributed by atoms with Crippen molar-refractivity contribution >= 4 is 26.8 Å². The molecule has 0 radical (unpaired) electrons. The molecule has 1 aromatic heterocycles. The molecule has 1 unspecified atom stereocenters. The molecule has 0 saturated carbocycles. The summed E-state index contributed by atoms with van der Waals surface area (Å²) in [6.45, 7) is 2.09. The number of hydrogen-bond acceptors (Lipinski definition) is 2. The van der Waals surface area contributed by atoms with Crippen molar-refractivity contribution in [2.75, 3.05) is 0 Å². The molecule has 2 aromatic carbocycles. The molecular formula is C18H17BrN2. The first kappa shape index (κ1) is 14.2. The van der Waals surface area contributed by atoms with Gasteiger partial charge in [-0.15, -0.1) is 0 Å². The zero-order chi connectivity index (χ0) is 14.8. The molecule has 1 heterocycles. The van der Waals surface area contributed by atoms with Crippen molar-refractivity contribution in [1.82, 2.24) is 4.98 Å². The van der Waals surface area contributed by atoms with Gasteiger partial charge >= 0.3 is 0 Å². The number of benzene rings is 2. The number of nitrogens with zero attached hydrogens (tertiary/aromatic N) is 1. The van der Waals surface area contributed by atoms with Crippen LogP contribution in [0.2, 0.25) is 0 Å². The van der Waals surface area contributed by atoms with Crippen LogP contribution in [0, 0.1) is 6.92 Å². The van der Waals surface area contributed by atoms with Gasteiger partial charge in [0.05, 0.1) is 5.52 Å². The van der Waals surface area contributed by atoms with Crippen LogP contribution in [0.25, 0.3) is 10.9 Å². The Morgan fingerprint density at radius 2 is 1.95 bits per heavy atom. The Kier molecular flexibility index (Phi) is 4.04. The van der Waals surface area contributed by atoms with Crippen LogP contribution in [0.15, 0.2) is 59.2 Å². The van der Waals surface area contributed by atoms with Gasteiger partial charge in [0.2, 0.25) is 0 Å². The Bertz CT molecular complexity index is 778. The predicted molar refractivity (Wildman–Crippen MR) is 91.3 cm³/mol. The third kappa shape index (κ3) is 2.99. The molecule has 0 aliphatic heterocycles. The molecule has 0 aliphatic rings. The molecule has 21 heavy (non-hydrogen) atoms. The Morgan fingerprint density at radius 1 is 1.14 bits per heavy atom. The molecule has 1 atom stereocenters. The van der Waals surface area contributed by atoms with Crippen molar-refractivity contribution < 1.29 is 0 Å². The van der Waals surface area contributed by atoms with Crippen LogP contribution < -0.4 is 5.73 Å². The molecular weight excluding hydrogens is 324 g/mol. The van der Waals surface area contributed by atoms with Gasteiger partial charge in [0, 0.05) is 22.1 Å². The van der Waals surface area contributed by atoms with E-state index in [-0.39, 0.29) is 6.04 Å². The van der Waals surface area contributed by atoms with Crippen molar-refractivity contribution in [2.45, 2.75) is 19.4 Å². The van der Waals surface area contributed by atoms with Crippen LogP contribution in [-0.4, -0.2) is 4.98 Å². The number of para-hydroxylation sites is 1.